The van der Waals surface area contributed by atoms with Crippen LogP contribution in [-0.2, 0) is 9.59 Å². The summed E-state index contributed by atoms with van der Waals surface area (Å²) in [6.45, 7) is 6.37. The summed E-state index contributed by atoms with van der Waals surface area (Å²) >= 11 is 1.12. The lowest BCUT2D eigenvalue weighted by Gasteiger charge is -2.17. The normalized spacial score (nSPS) is 23.2. The number of carboxylic acid groups (broad SMARTS) is 1. The molecular weight excluding hydrogens is 300 g/mol. The smallest absolute Gasteiger partial charge is 0.342 e. The van der Waals surface area contributed by atoms with E-state index in [1.54, 1.807) is 6.92 Å². The predicted molar refractivity (Wildman–Crippen MR) is 82.1 cm³/mol. The second-order valence-corrected chi connectivity index (χ2v) is 6.74. The van der Waals surface area contributed by atoms with Gasteiger partial charge in [0.25, 0.3) is 5.91 Å². The summed E-state index contributed by atoms with van der Waals surface area (Å²) < 4.78 is 13.6. The zero-order valence-electron chi connectivity index (χ0n) is 11.4. The number of halogens is 1. The number of likely N-dealkylation sites (tertiary alicyclic amines) is 1. The Balaban J connectivity index is 2.33. The van der Waals surface area contributed by atoms with E-state index in [0.29, 0.717) is 25.9 Å². The van der Waals surface area contributed by atoms with Gasteiger partial charge in [-0.1, -0.05) is 33.7 Å². The Kier molecular flexibility index (Phi) is 6.21. The van der Waals surface area contributed by atoms with E-state index in [1.807, 2.05) is 9.24 Å². The number of carbonyl (C=O) groups is 2. The van der Waals surface area contributed by atoms with Gasteiger partial charge in [-0.25, -0.2) is 9.18 Å². The molecule has 0 aliphatic carbocycles. The molecule has 0 aromatic carbocycles. The lowest BCUT2D eigenvalue weighted by Crippen LogP contribution is -2.32. The number of aliphatic carboxylic acids is 1. The summed E-state index contributed by atoms with van der Waals surface area (Å²) in [5.41, 5.74) is 0. The topological polar surface area (TPSA) is 57.6 Å². The summed E-state index contributed by atoms with van der Waals surface area (Å²) in [6.07, 6.45) is 2.96. The summed E-state index contributed by atoms with van der Waals surface area (Å²) in [5.74, 6) is -1.46. The molecule has 1 rings (SSSR count). The van der Waals surface area contributed by atoms with Gasteiger partial charge in [0.2, 0.25) is 5.41 Å². The first-order valence-electron chi connectivity index (χ1n) is 6.30. The van der Waals surface area contributed by atoms with Crippen LogP contribution < -0.4 is 0 Å². The van der Waals surface area contributed by atoms with Crippen LogP contribution in [0.1, 0.15) is 26.2 Å². The van der Waals surface area contributed by atoms with Crippen LogP contribution in [-0.4, -0.2) is 40.4 Å². The van der Waals surface area contributed by atoms with Crippen molar-refractivity contribution in [2.75, 3.05) is 13.1 Å². The number of hydrogen-bond acceptors (Lipinski definition) is 3. The van der Waals surface area contributed by atoms with Crippen molar-refractivity contribution >= 4 is 32.9 Å². The number of nitrogens with zero attached hydrogens (tertiary/aromatic N) is 1. The van der Waals surface area contributed by atoms with Crippen molar-refractivity contribution in [2.24, 2.45) is 0 Å². The van der Waals surface area contributed by atoms with Crippen molar-refractivity contribution in [3.05, 3.63) is 22.5 Å². The molecule has 2 unspecified atom stereocenters. The first kappa shape index (κ1) is 17.2. The van der Waals surface area contributed by atoms with Gasteiger partial charge in [0.15, 0.2) is 0 Å². The second kappa shape index (κ2) is 7.23. The minimum Gasteiger partial charge on any atom is -0.477 e. The molecule has 112 valence electrons. The van der Waals surface area contributed by atoms with Gasteiger partial charge in [-0.2, -0.15) is 0 Å². The highest BCUT2D eigenvalue weighted by Gasteiger charge is 2.42. The number of amides is 1. The van der Waals surface area contributed by atoms with Gasteiger partial charge >= 0.3 is 5.97 Å². The molecule has 0 aromatic heterocycles. The molecule has 0 saturated carbocycles. The zero-order chi connectivity index (χ0) is 15.3. The van der Waals surface area contributed by atoms with E-state index in [1.165, 1.54) is 11.0 Å². The van der Waals surface area contributed by atoms with E-state index >= 15 is 0 Å². The van der Waals surface area contributed by atoms with Gasteiger partial charge in [0.1, 0.15) is 0 Å². The largest absolute Gasteiger partial charge is 0.477 e. The van der Waals surface area contributed by atoms with Crippen molar-refractivity contribution in [2.45, 2.75) is 31.6 Å². The lowest BCUT2D eigenvalue weighted by molar-refractivity contribution is -0.133. The molecule has 1 aliphatic rings. The van der Waals surface area contributed by atoms with Gasteiger partial charge in [-0.3, -0.25) is 4.79 Å². The van der Waals surface area contributed by atoms with E-state index in [9.17, 15) is 14.0 Å². The Morgan fingerprint density at radius 3 is 2.80 bits per heavy atom. The Morgan fingerprint density at radius 1 is 1.70 bits per heavy atom. The highest BCUT2D eigenvalue weighted by molar-refractivity contribution is 8.07. The van der Waals surface area contributed by atoms with Crippen molar-refractivity contribution in [3.8, 4) is 0 Å². The molecule has 0 spiro atoms. The summed E-state index contributed by atoms with van der Waals surface area (Å²) in [6, 6.07) is 0. The van der Waals surface area contributed by atoms with Crippen LogP contribution in [0.15, 0.2) is 22.5 Å². The van der Waals surface area contributed by atoms with Crippen LogP contribution in [0, 0.1) is 0 Å². The molecule has 1 fully saturated rings. The average molecular weight is 319 g/mol. The highest BCUT2D eigenvalue weighted by atomic mass is 32.2. The minimum absolute atomic E-state index is 0.202. The van der Waals surface area contributed by atoms with Crippen molar-refractivity contribution in [1.82, 2.24) is 4.90 Å². The Bertz CT molecular complexity index is 451. The maximum atomic E-state index is 13.6. The maximum Gasteiger partial charge on any atom is 0.342 e. The lowest BCUT2D eigenvalue weighted by atomic mass is 10.3. The fourth-order valence-corrected chi connectivity index (χ4v) is 2.96. The van der Waals surface area contributed by atoms with Crippen LogP contribution in [0.3, 0.4) is 0 Å². The van der Waals surface area contributed by atoms with Gasteiger partial charge in [-0.05, 0) is 24.7 Å². The Hall–Kier alpha value is -0.870. The molecular formula is C13H19FNO3PS. The number of hydrogen-bond donors (Lipinski definition) is 1. The van der Waals surface area contributed by atoms with Crippen molar-refractivity contribution < 1.29 is 19.1 Å². The molecule has 2 atom stereocenters. The third kappa shape index (κ3) is 4.60. The van der Waals surface area contributed by atoms with E-state index in [-0.39, 0.29) is 11.3 Å². The summed E-state index contributed by atoms with van der Waals surface area (Å²) in [7, 11) is 1.96. The van der Waals surface area contributed by atoms with Gasteiger partial charge in [0, 0.05) is 19.5 Å². The number of carboxylic acids is 1. The number of rotatable bonds is 7. The second-order valence-electron chi connectivity index (χ2n) is 4.61. The van der Waals surface area contributed by atoms with E-state index in [4.69, 9.17) is 5.11 Å². The van der Waals surface area contributed by atoms with E-state index < -0.39 is 17.3 Å². The number of thioether (sulfide) groups is 1. The van der Waals surface area contributed by atoms with E-state index in [2.05, 4.69) is 6.58 Å². The number of carbonyl (C=O) groups excluding carboxylic acids is 1. The highest BCUT2D eigenvalue weighted by Crippen LogP contribution is 2.34. The number of alkyl halides is 1. The van der Waals surface area contributed by atoms with Gasteiger partial charge < -0.3 is 10.0 Å². The fraction of sp³-hybridized carbons (Fsp3) is 0.538. The van der Waals surface area contributed by atoms with Crippen molar-refractivity contribution in [1.29, 1.82) is 0 Å². The van der Waals surface area contributed by atoms with Crippen LogP contribution in [0.4, 0.5) is 4.39 Å². The molecule has 7 heteroatoms. The molecule has 1 saturated heterocycles. The third-order valence-electron chi connectivity index (χ3n) is 3.00. The molecule has 4 nitrogen and oxygen atoms in total. The molecule has 1 amide bonds. The van der Waals surface area contributed by atoms with Crippen LogP contribution in [0.25, 0.3) is 0 Å². The zero-order valence-corrected chi connectivity index (χ0v) is 13.4. The molecule has 0 aromatic rings. The SMILES string of the molecule is C=C(CCCN1CCC(F)(P)C1=O)S/C(=C\C)C(=O)O. The van der Waals surface area contributed by atoms with Crippen LogP contribution in [0.2, 0.25) is 0 Å². The maximum absolute atomic E-state index is 13.6. The summed E-state index contributed by atoms with van der Waals surface area (Å²) in [4.78, 5) is 24.9. The van der Waals surface area contributed by atoms with Crippen molar-refractivity contribution in [3.63, 3.8) is 0 Å². The van der Waals surface area contributed by atoms with Crippen LogP contribution in [0.5, 0.6) is 0 Å². The van der Waals surface area contributed by atoms with Gasteiger partial charge in [0.05, 0.1) is 4.91 Å². The molecule has 1 aliphatic heterocycles. The quantitative estimate of drug-likeness (QED) is 0.579. The average Bonchev–Trinajstić information content (AvgIpc) is 2.62. The molecule has 20 heavy (non-hydrogen) atoms. The molecule has 1 N–H and O–H groups in total. The monoisotopic (exact) mass is 319 g/mol. The first-order chi connectivity index (χ1) is 9.27. The predicted octanol–water partition coefficient (Wildman–Crippen LogP) is 2.78. The minimum atomic E-state index is -1.81. The number of allylic oxidation sites excluding steroid dienone is 2. The molecule has 0 radical (unpaired) electrons. The fourth-order valence-electron chi connectivity index (χ4n) is 1.88. The van der Waals surface area contributed by atoms with Gasteiger partial charge in [-0.15, -0.1) is 0 Å². The Labute approximate surface area is 124 Å². The summed E-state index contributed by atoms with van der Waals surface area (Å²) in [5, 5.41) is 7.07. The first-order valence-corrected chi connectivity index (χ1v) is 7.69. The third-order valence-corrected chi connectivity index (χ3v) is 4.66. The molecule has 1 heterocycles. The Morgan fingerprint density at radius 2 is 2.35 bits per heavy atom. The standard InChI is InChI=1S/C13H19FNO3PS/c1-3-10(11(16)17)20-9(2)5-4-7-15-8-6-13(14,19)12(15)18/h3H,2,4-8,19H2,1H3,(H,16,17)/b10-3-. The molecule has 0 bridgehead atoms. The van der Waals surface area contributed by atoms with E-state index in [0.717, 1.165) is 16.7 Å². The van der Waals surface area contributed by atoms with Crippen LogP contribution >= 0.6 is 21.0 Å².